The van der Waals surface area contributed by atoms with Crippen molar-refractivity contribution in [2.45, 2.75) is 19.4 Å². The van der Waals surface area contributed by atoms with Crippen molar-refractivity contribution >= 4 is 11.6 Å². The first-order valence-electron chi connectivity index (χ1n) is 4.93. The summed E-state index contributed by atoms with van der Waals surface area (Å²) in [5.41, 5.74) is 6.42. The van der Waals surface area contributed by atoms with E-state index in [9.17, 15) is 4.39 Å². The summed E-state index contributed by atoms with van der Waals surface area (Å²) >= 11 is 5.90. The molecule has 0 saturated heterocycles. The van der Waals surface area contributed by atoms with Crippen molar-refractivity contribution in [1.82, 2.24) is 0 Å². The lowest BCUT2D eigenvalue weighted by atomic mass is 10.1. The van der Waals surface area contributed by atoms with Crippen LogP contribution in [0.3, 0.4) is 0 Å². The second-order valence-corrected chi connectivity index (χ2v) is 3.75. The van der Waals surface area contributed by atoms with Gasteiger partial charge < -0.3 is 10.5 Å². The molecule has 0 aliphatic carbocycles. The van der Waals surface area contributed by atoms with Crippen molar-refractivity contribution in [3.05, 3.63) is 34.6 Å². The lowest BCUT2D eigenvalue weighted by Gasteiger charge is -2.13. The van der Waals surface area contributed by atoms with Gasteiger partial charge in [0.25, 0.3) is 0 Å². The number of ether oxygens (including phenoxy) is 1. The van der Waals surface area contributed by atoms with E-state index in [0.29, 0.717) is 23.8 Å². The van der Waals surface area contributed by atoms with Gasteiger partial charge in [-0.2, -0.15) is 0 Å². The van der Waals surface area contributed by atoms with E-state index in [0.717, 1.165) is 6.42 Å². The first-order chi connectivity index (χ1) is 7.15. The lowest BCUT2D eigenvalue weighted by molar-refractivity contribution is 0.121. The van der Waals surface area contributed by atoms with E-state index in [1.54, 1.807) is 0 Å². The van der Waals surface area contributed by atoms with Crippen LogP contribution in [0.1, 0.15) is 24.9 Å². The first kappa shape index (κ1) is 12.4. The maximum absolute atomic E-state index is 12.9. The van der Waals surface area contributed by atoms with Crippen molar-refractivity contribution in [3.63, 3.8) is 0 Å². The summed E-state index contributed by atoms with van der Waals surface area (Å²) in [6.45, 7) is 3.03. The molecule has 0 amide bonds. The predicted molar refractivity (Wildman–Crippen MR) is 59.4 cm³/mol. The van der Waals surface area contributed by atoms with E-state index in [1.165, 1.54) is 18.2 Å². The standard InChI is InChI=1S/C11H15ClFNO/c1-2-5-15-7-11(14)9-6-8(13)3-4-10(9)12/h3-4,6,11H,2,5,7,14H2,1H3. The summed E-state index contributed by atoms with van der Waals surface area (Å²) in [5, 5.41) is 0.476. The molecule has 84 valence electrons. The Labute approximate surface area is 94.2 Å². The van der Waals surface area contributed by atoms with Gasteiger partial charge in [-0.25, -0.2) is 4.39 Å². The molecular formula is C11H15ClFNO. The zero-order valence-corrected chi connectivity index (χ0v) is 9.43. The number of hydrogen-bond acceptors (Lipinski definition) is 2. The van der Waals surface area contributed by atoms with Crippen molar-refractivity contribution in [2.75, 3.05) is 13.2 Å². The summed E-state index contributed by atoms with van der Waals surface area (Å²) < 4.78 is 18.2. The minimum atomic E-state index is -0.375. The van der Waals surface area contributed by atoms with E-state index in [4.69, 9.17) is 22.1 Å². The summed E-state index contributed by atoms with van der Waals surface area (Å²) in [7, 11) is 0. The Morgan fingerprint density at radius 1 is 1.53 bits per heavy atom. The Bertz CT molecular complexity index is 319. The van der Waals surface area contributed by atoms with Gasteiger partial charge in [-0.3, -0.25) is 0 Å². The third-order valence-corrected chi connectivity index (χ3v) is 2.35. The van der Waals surface area contributed by atoms with Crippen molar-refractivity contribution in [2.24, 2.45) is 5.73 Å². The molecule has 1 unspecified atom stereocenters. The molecular weight excluding hydrogens is 217 g/mol. The predicted octanol–water partition coefficient (Wildman–Crippen LogP) is 2.91. The van der Waals surface area contributed by atoms with Gasteiger partial charge in [0.1, 0.15) is 5.82 Å². The number of nitrogens with two attached hydrogens (primary N) is 1. The molecule has 1 atom stereocenters. The van der Waals surface area contributed by atoms with Gasteiger partial charge in [0, 0.05) is 11.6 Å². The molecule has 0 aliphatic heterocycles. The highest BCUT2D eigenvalue weighted by Gasteiger charge is 2.11. The van der Waals surface area contributed by atoms with Crippen LogP contribution < -0.4 is 5.73 Å². The zero-order chi connectivity index (χ0) is 11.3. The van der Waals surface area contributed by atoms with Crippen molar-refractivity contribution < 1.29 is 9.13 Å². The molecule has 1 aromatic rings. The molecule has 0 spiro atoms. The molecule has 4 heteroatoms. The summed E-state index contributed by atoms with van der Waals surface area (Å²) in [6.07, 6.45) is 0.934. The number of rotatable bonds is 5. The first-order valence-corrected chi connectivity index (χ1v) is 5.31. The minimum Gasteiger partial charge on any atom is -0.379 e. The van der Waals surface area contributed by atoms with Gasteiger partial charge in [0.05, 0.1) is 12.6 Å². The maximum atomic E-state index is 12.9. The highest BCUT2D eigenvalue weighted by molar-refractivity contribution is 6.31. The van der Waals surface area contributed by atoms with E-state index >= 15 is 0 Å². The van der Waals surface area contributed by atoms with Gasteiger partial charge in [-0.05, 0) is 30.2 Å². The van der Waals surface area contributed by atoms with Crippen LogP contribution in [-0.4, -0.2) is 13.2 Å². The van der Waals surface area contributed by atoms with Crippen LogP contribution in [0.15, 0.2) is 18.2 Å². The van der Waals surface area contributed by atoms with Crippen LogP contribution in [0.2, 0.25) is 5.02 Å². The molecule has 1 aromatic carbocycles. The van der Waals surface area contributed by atoms with Crippen LogP contribution in [0.4, 0.5) is 4.39 Å². The topological polar surface area (TPSA) is 35.2 Å². The largest absolute Gasteiger partial charge is 0.379 e. The number of benzene rings is 1. The normalized spacial score (nSPS) is 12.8. The molecule has 0 heterocycles. The highest BCUT2D eigenvalue weighted by atomic mass is 35.5. The second kappa shape index (κ2) is 6.05. The van der Waals surface area contributed by atoms with Gasteiger partial charge in [-0.1, -0.05) is 18.5 Å². The molecule has 0 bridgehead atoms. The molecule has 0 fully saturated rings. The Hall–Kier alpha value is -0.640. The Morgan fingerprint density at radius 3 is 2.93 bits per heavy atom. The second-order valence-electron chi connectivity index (χ2n) is 3.35. The average Bonchev–Trinajstić information content (AvgIpc) is 2.22. The van der Waals surface area contributed by atoms with Crippen LogP contribution in [0, 0.1) is 5.82 Å². The van der Waals surface area contributed by atoms with Gasteiger partial charge in [0.15, 0.2) is 0 Å². The fourth-order valence-corrected chi connectivity index (χ4v) is 1.50. The average molecular weight is 232 g/mol. The molecule has 0 aromatic heterocycles. The van der Waals surface area contributed by atoms with Gasteiger partial charge in [-0.15, -0.1) is 0 Å². The van der Waals surface area contributed by atoms with Crippen molar-refractivity contribution in [3.8, 4) is 0 Å². The fraction of sp³-hybridized carbons (Fsp3) is 0.455. The van der Waals surface area contributed by atoms with Crippen LogP contribution in [-0.2, 0) is 4.74 Å². The van der Waals surface area contributed by atoms with Crippen LogP contribution in [0.25, 0.3) is 0 Å². The van der Waals surface area contributed by atoms with Crippen molar-refractivity contribution in [1.29, 1.82) is 0 Å². The quantitative estimate of drug-likeness (QED) is 0.791. The Balaban J connectivity index is 2.64. The van der Waals surface area contributed by atoms with E-state index in [1.807, 2.05) is 6.92 Å². The third-order valence-electron chi connectivity index (χ3n) is 2.00. The van der Waals surface area contributed by atoms with Gasteiger partial charge in [0.2, 0.25) is 0 Å². The summed E-state index contributed by atoms with van der Waals surface area (Å²) in [4.78, 5) is 0. The molecule has 0 aliphatic rings. The molecule has 2 nitrogen and oxygen atoms in total. The highest BCUT2D eigenvalue weighted by Crippen LogP contribution is 2.22. The third kappa shape index (κ3) is 3.78. The van der Waals surface area contributed by atoms with E-state index in [2.05, 4.69) is 0 Å². The molecule has 2 N–H and O–H groups in total. The molecule has 0 radical (unpaired) electrons. The number of halogens is 2. The maximum Gasteiger partial charge on any atom is 0.123 e. The van der Waals surface area contributed by atoms with Crippen LogP contribution in [0.5, 0.6) is 0 Å². The fourth-order valence-electron chi connectivity index (χ4n) is 1.24. The Morgan fingerprint density at radius 2 is 2.27 bits per heavy atom. The molecule has 0 saturated carbocycles. The molecule has 1 rings (SSSR count). The summed E-state index contributed by atoms with van der Waals surface area (Å²) in [6, 6.07) is 3.79. The SMILES string of the molecule is CCCOCC(N)c1cc(F)ccc1Cl. The van der Waals surface area contributed by atoms with E-state index < -0.39 is 0 Å². The Kier molecular flexibility index (Phi) is 5.02. The smallest absolute Gasteiger partial charge is 0.123 e. The molecule has 15 heavy (non-hydrogen) atoms. The monoisotopic (exact) mass is 231 g/mol. The van der Waals surface area contributed by atoms with Gasteiger partial charge >= 0.3 is 0 Å². The minimum absolute atomic E-state index is 0.333. The van der Waals surface area contributed by atoms with E-state index in [-0.39, 0.29) is 11.9 Å². The zero-order valence-electron chi connectivity index (χ0n) is 8.67. The summed E-state index contributed by atoms with van der Waals surface area (Å²) in [5.74, 6) is -0.333. The van der Waals surface area contributed by atoms with Crippen LogP contribution >= 0.6 is 11.6 Å². The number of hydrogen-bond donors (Lipinski definition) is 1. The lowest BCUT2D eigenvalue weighted by Crippen LogP contribution is -2.18.